The van der Waals surface area contributed by atoms with E-state index in [-0.39, 0.29) is 31.3 Å². The molecule has 0 aliphatic carbocycles. The van der Waals surface area contributed by atoms with Crippen LogP contribution in [0.2, 0.25) is 0 Å². The summed E-state index contributed by atoms with van der Waals surface area (Å²) < 4.78 is 11.1. The van der Waals surface area contributed by atoms with Gasteiger partial charge in [-0.2, -0.15) is 0 Å². The zero-order valence-electron chi connectivity index (χ0n) is 14.7. The van der Waals surface area contributed by atoms with E-state index >= 15 is 0 Å². The van der Waals surface area contributed by atoms with E-state index in [1.54, 1.807) is 36.3 Å². The molecule has 0 spiro atoms. The standard InChI is InChI=1S/C20H18BrNO5/c1-26-17-8-2-13(3-9-17)18(23)12-27-20(25)14-10-19(24)22(11-14)16-6-4-15(21)5-7-16/h2-9,14H,10-12H2,1H3/t14-/m0/s1. The van der Waals surface area contributed by atoms with Gasteiger partial charge in [-0.05, 0) is 48.5 Å². The molecule has 1 fully saturated rings. The Hall–Kier alpha value is -2.67. The Kier molecular flexibility index (Phi) is 5.91. The molecule has 0 unspecified atom stereocenters. The summed E-state index contributed by atoms with van der Waals surface area (Å²) in [5.41, 5.74) is 1.16. The van der Waals surface area contributed by atoms with E-state index in [4.69, 9.17) is 9.47 Å². The van der Waals surface area contributed by atoms with Crippen LogP contribution in [0.15, 0.2) is 53.0 Å². The molecular weight excluding hydrogens is 414 g/mol. The quantitative estimate of drug-likeness (QED) is 0.518. The first-order valence-electron chi connectivity index (χ1n) is 8.37. The molecule has 1 amide bonds. The summed E-state index contributed by atoms with van der Waals surface area (Å²) in [5, 5.41) is 0. The lowest BCUT2D eigenvalue weighted by molar-refractivity contribution is -0.147. The Morgan fingerprint density at radius 1 is 1.11 bits per heavy atom. The van der Waals surface area contributed by atoms with Crippen LogP contribution in [-0.2, 0) is 14.3 Å². The van der Waals surface area contributed by atoms with Gasteiger partial charge in [0.15, 0.2) is 12.4 Å². The highest BCUT2D eigenvalue weighted by Crippen LogP contribution is 2.27. The van der Waals surface area contributed by atoms with Crippen molar-refractivity contribution in [2.45, 2.75) is 6.42 Å². The number of hydrogen-bond acceptors (Lipinski definition) is 5. The van der Waals surface area contributed by atoms with Crippen molar-refractivity contribution in [3.05, 3.63) is 58.6 Å². The molecule has 1 atom stereocenters. The monoisotopic (exact) mass is 431 g/mol. The Morgan fingerprint density at radius 2 is 1.78 bits per heavy atom. The third kappa shape index (κ3) is 4.54. The summed E-state index contributed by atoms with van der Waals surface area (Å²) >= 11 is 3.35. The highest BCUT2D eigenvalue weighted by atomic mass is 79.9. The van der Waals surface area contributed by atoms with E-state index < -0.39 is 11.9 Å². The number of hydrogen-bond donors (Lipinski definition) is 0. The van der Waals surface area contributed by atoms with Crippen LogP contribution >= 0.6 is 15.9 Å². The lowest BCUT2D eigenvalue weighted by atomic mass is 10.1. The van der Waals surface area contributed by atoms with Crippen molar-refractivity contribution in [1.29, 1.82) is 0 Å². The predicted molar refractivity (Wildman–Crippen MR) is 103 cm³/mol. The van der Waals surface area contributed by atoms with Gasteiger partial charge in [0.2, 0.25) is 5.91 Å². The molecule has 27 heavy (non-hydrogen) atoms. The summed E-state index contributed by atoms with van der Waals surface area (Å²) in [6.45, 7) is -0.107. The van der Waals surface area contributed by atoms with Gasteiger partial charge in [0.25, 0.3) is 0 Å². The highest BCUT2D eigenvalue weighted by Gasteiger charge is 2.36. The number of halogens is 1. The number of anilines is 1. The number of ketones is 1. The van der Waals surface area contributed by atoms with Crippen molar-refractivity contribution in [1.82, 2.24) is 0 Å². The van der Waals surface area contributed by atoms with Crippen LogP contribution < -0.4 is 9.64 Å². The van der Waals surface area contributed by atoms with Gasteiger partial charge in [-0.25, -0.2) is 0 Å². The van der Waals surface area contributed by atoms with Gasteiger partial charge >= 0.3 is 5.97 Å². The molecule has 0 radical (unpaired) electrons. The number of carbonyl (C=O) groups is 3. The topological polar surface area (TPSA) is 72.9 Å². The van der Waals surface area contributed by atoms with Gasteiger partial charge in [0.05, 0.1) is 13.0 Å². The maximum atomic E-state index is 12.3. The minimum atomic E-state index is -0.579. The molecule has 6 nitrogen and oxygen atoms in total. The average molecular weight is 432 g/mol. The van der Waals surface area contributed by atoms with Crippen LogP contribution in [-0.4, -0.2) is 37.9 Å². The van der Waals surface area contributed by atoms with E-state index in [1.165, 1.54) is 0 Å². The van der Waals surface area contributed by atoms with Crippen LogP contribution in [0, 0.1) is 5.92 Å². The lowest BCUT2D eigenvalue weighted by Gasteiger charge is -2.16. The van der Waals surface area contributed by atoms with E-state index in [2.05, 4.69) is 15.9 Å². The van der Waals surface area contributed by atoms with Crippen molar-refractivity contribution in [3.8, 4) is 5.75 Å². The molecule has 0 aromatic heterocycles. The van der Waals surface area contributed by atoms with Gasteiger partial charge < -0.3 is 14.4 Å². The SMILES string of the molecule is COc1ccc(C(=O)COC(=O)[C@H]2CC(=O)N(c3ccc(Br)cc3)C2)cc1. The molecule has 1 aliphatic heterocycles. The number of nitrogens with zero attached hydrogens (tertiary/aromatic N) is 1. The number of carbonyl (C=O) groups excluding carboxylic acids is 3. The van der Waals surface area contributed by atoms with Crippen LogP contribution in [0.4, 0.5) is 5.69 Å². The third-order valence-corrected chi connectivity index (χ3v) is 4.88. The first-order valence-corrected chi connectivity index (χ1v) is 9.17. The van der Waals surface area contributed by atoms with Crippen molar-refractivity contribution in [2.75, 3.05) is 25.2 Å². The number of rotatable bonds is 6. The molecule has 1 heterocycles. The minimum Gasteiger partial charge on any atom is -0.497 e. The molecule has 140 valence electrons. The summed E-state index contributed by atoms with van der Waals surface area (Å²) in [4.78, 5) is 38.2. The summed E-state index contributed by atoms with van der Waals surface area (Å²) in [6, 6.07) is 13.9. The molecule has 0 saturated carbocycles. The molecule has 2 aromatic carbocycles. The molecular formula is C20H18BrNO5. The first kappa shape index (κ1) is 19.1. The van der Waals surface area contributed by atoms with Gasteiger partial charge in [-0.1, -0.05) is 15.9 Å². The number of Topliss-reactive ketones (excluding diaryl/α,β-unsaturated/α-hetero) is 1. The van der Waals surface area contributed by atoms with E-state index in [1.807, 2.05) is 24.3 Å². The lowest BCUT2D eigenvalue weighted by Crippen LogP contribution is -2.27. The van der Waals surface area contributed by atoms with Gasteiger partial charge in [-0.3, -0.25) is 14.4 Å². The van der Waals surface area contributed by atoms with Gasteiger partial charge in [0, 0.05) is 28.7 Å². The fourth-order valence-corrected chi connectivity index (χ4v) is 3.12. The normalized spacial score (nSPS) is 16.3. The fraction of sp³-hybridized carbons (Fsp3) is 0.250. The largest absolute Gasteiger partial charge is 0.497 e. The van der Waals surface area contributed by atoms with Crippen molar-refractivity contribution < 1.29 is 23.9 Å². The Labute approximate surface area is 165 Å². The zero-order chi connectivity index (χ0) is 19.4. The molecule has 3 rings (SSSR count). The maximum Gasteiger partial charge on any atom is 0.311 e. The summed E-state index contributed by atoms with van der Waals surface area (Å²) in [5.74, 6) is -0.920. The molecule has 7 heteroatoms. The van der Waals surface area contributed by atoms with Gasteiger partial charge in [-0.15, -0.1) is 0 Å². The number of ether oxygens (including phenoxy) is 2. The second kappa shape index (κ2) is 8.35. The average Bonchev–Trinajstić information content (AvgIpc) is 3.08. The second-order valence-electron chi connectivity index (χ2n) is 6.14. The number of esters is 1. The fourth-order valence-electron chi connectivity index (χ4n) is 2.85. The van der Waals surface area contributed by atoms with Crippen molar-refractivity contribution in [2.24, 2.45) is 5.92 Å². The molecule has 0 N–H and O–H groups in total. The summed E-state index contributed by atoms with van der Waals surface area (Å²) in [6.07, 6.45) is 0.0750. The maximum absolute atomic E-state index is 12.3. The Bertz CT molecular complexity index is 848. The summed E-state index contributed by atoms with van der Waals surface area (Å²) in [7, 11) is 1.54. The predicted octanol–water partition coefficient (Wildman–Crippen LogP) is 3.24. The van der Waals surface area contributed by atoms with Crippen LogP contribution in [0.5, 0.6) is 5.75 Å². The number of amides is 1. The molecule has 1 saturated heterocycles. The van der Waals surface area contributed by atoms with Crippen molar-refractivity contribution >= 4 is 39.3 Å². The zero-order valence-corrected chi connectivity index (χ0v) is 16.3. The molecule has 2 aromatic rings. The molecule has 0 bridgehead atoms. The third-order valence-electron chi connectivity index (χ3n) is 4.35. The Morgan fingerprint density at radius 3 is 2.41 bits per heavy atom. The Balaban J connectivity index is 1.55. The highest BCUT2D eigenvalue weighted by molar-refractivity contribution is 9.10. The van der Waals surface area contributed by atoms with Crippen molar-refractivity contribution in [3.63, 3.8) is 0 Å². The van der Waals surface area contributed by atoms with Crippen LogP contribution in [0.25, 0.3) is 0 Å². The molecule has 1 aliphatic rings. The van der Waals surface area contributed by atoms with Crippen LogP contribution in [0.1, 0.15) is 16.8 Å². The van der Waals surface area contributed by atoms with Gasteiger partial charge in [0.1, 0.15) is 5.75 Å². The second-order valence-corrected chi connectivity index (χ2v) is 7.06. The minimum absolute atomic E-state index is 0.0750. The first-order chi connectivity index (χ1) is 13.0. The number of methoxy groups -OCH3 is 1. The van der Waals surface area contributed by atoms with E-state index in [9.17, 15) is 14.4 Å². The van der Waals surface area contributed by atoms with E-state index in [0.717, 1.165) is 10.2 Å². The number of benzene rings is 2. The smallest absolute Gasteiger partial charge is 0.311 e. The van der Waals surface area contributed by atoms with Crippen LogP contribution in [0.3, 0.4) is 0 Å². The van der Waals surface area contributed by atoms with E-state index in [0.29, 0.717) is 11.3 Å².